The highest BCUT2D eigenvalue weighted by atomic mass is 79.9. The predicted molar refractivity (Wildman–Crippen MR) is 56.9 cm³/mol. The Morgan fingerprint density at radius 3 is 2.71 bits per heavy atom. The monoisotopic (exact) mass is 252 g/mol. The minimum atomic E-state index is 0.554. The molecule has 1 aromatic carbocycles. The van der Waals surface area contributed by atoms with Crippen molar-refractivity contribution in [2.45, 2.75) is 13.8 Å². The van der Waals surface area contributed by atoms with E-state index >= 15 is 0 Å². The largest absolute Gasteiger partial charge is 0.334 e. The third kappa shape index (κ3) is 1.57. The van der Waals surface area contributed by atoms with Gasteiger partial charge in [-0.25, -0.2) is 0 Å². The van der Waals surface area contributed by atoms with Crippen molar-refractivity contribution in [3.8, 4) is 11.5 Å². The fraction of sp³-hybridized carbons (Fsp3) is 0.200. The van der Waals surface area contributed by atoms with Crippen molar-refractivity contribution in [1.82, 2.24) is 10.1 Å². The summed E-state index contributed by atoms with van der Waals surface area (Å²) >= 11 is 3.50. The number of hydrogen-bond donors (Lipinski definition) is 0. The molecular weight excluding hydrogens is 244 g/mol. The number of aryl methyl sites for hydroxylation is 2. The molecule has 0 radical (unpaired) electrons. The molecule has 1 aromatic heterocycles. The van der Waals surface area contributed by atoms with Crippen molar-refractivity contribution in [3.63, 3.8) is 0 Å². The van der Waals surface area contributed by atoms with Crippen LogP contribution >= 0.6 is 15.9 Å². The summed E-state index contributed by atoms with van der Waals surface area (Å²) in [7, 11) is 0. The van der Waals surface area contributed by atoms with E-state index < -0.39 is 0 Å². The molecule has 0 N–H and O–H groups in total. The van der Waals surface area contributed by atoms with Gasteiger partial charge in [-0.3, -0.25) is 0 Å². The van der Waals surface area contributed by atoms with Gasteiger partial charge in [-0.05, 0) is 41.4 Å². The predicted octanol–water partition coefficient (Wildman–Crippen LogP) is 3.12. The van der Waals surface area contributed by atoms with Crippen LogP contribution in [0.25, 0.3) is 11.5 Å². The van der Waals surface area contributed by atoms with Crippen molar-refractivity contribution in [2.24, 2.45) is 0 Å². The standard InChI is InChI=1S/C10H9BrN2O/c1-6-4-3-5-8(9(6)11)10-12-7(2)13-14-10/h3-5H,1-2H3. The lowest BCUT2D eigenvalue weighted by atomic mass is 10.1. The molecule has 3 nitrogen and oxygen atoms in total. The first-order valence-electron chi connectivity index (χ1n) is 4.24. The van der Waals surface area contributed by atoms with E-state index in [0.717, 1.165) is 15.6 Å². The first-order valence-corrected chi connectivity index (χ1v) is 5.03. The van der Waals surface area contributed by atoms with E-state index in [4.69, 9.17) is 4.52 Å². The summed E-state index contributed by atoms with van der Waals surface area (Å²) in [6.45, 7) is 3.83. The molecule has 1 heterocycles. The second-order valence-electron chi connectivity index (χ2n) is 3.08. The lowest BCUT2D eigenvalue weighted by Crippen LogP contribution is -1.83. The Balaban J connectivity index is 2.57. The highest BCUT2D eigenvalue weighted by Gasteiger charge is 2.10. The summed E-state index contributed by atoms with van der Waals surface area (Å²) in [6.07, 6.45) is 0. The number of rotatable bonds is 1. The van der Waals surface area contributed by atoms with Crippen LogP contribution < -0.4 is 0 Å². The third-order valence-corrected chi connectivity index (χ3v) is 3.00. The second-order valence-corrected chi connectivity index (χ2v) is 3.88. The van der Waals surface area contributed by atoms with Crippen molar-refractivity contribution in [2.75, 3.05) is 0 Å². The Labute approximate surface area is 90.3 Å². The van der Waals surface area contributed by atoms with E-state index in [1.54, 1.807) is 6.92 Å². The summed E-state index contributed by atoms with van der Waals surface area (Å²) in [4.78, 5) is 4.18. The zero-order valence-corrected chi connectivity index (χ0v) is 9.50. The molecule has 0 aliphatic rings. The summed E-state index contributed by atoms with van der Waals surface area (Å²) < 4.78 is 6.10. The third-order valence-electron chi connectivity index (χ3n) is 1.95. The SMILES string of the molecule is Cc1noc(-c2cccc(C)c2Br)n1. The van der Waals surface area contributed by atoms with E-state index in [9.17, 15) is 0 Å². The molecule has 0 saturated carbocycles. The Morgan fingerprint density at radius 2 is 2.07 bits per heavy atom. The molecular formula is C10H9BrN2O. The highest BCUT2D eigenvalue weighted by molar-refractivity contribution is 9.10. The zero-order chi connectivity index (χ0) is 10.1. The average Bonchev–Trinajstić information content (AvgIpc) is 2.57. The van der Waals surface area contributed by atoms with Crippen LogP contribution in [0.3, 0.4) is 0 Å². The second kappa shape index (κ2) is 3.53. The highest BCUT2D eigenvalue weighted by Crippen LogP contribution is 2.29. The number of hydrogen-bond acceptors (Lipinski definition) is 3. The molecule has 0 aliphatic heterocycles. The van der Waals surface area contributed by atoms with E-state index in [0.29, 0.717) is 11.7 Å². The number of benzene rings is 1. The topological polar surface area (TPSA) is 38.9 Å². The van der Waals surface area contributed by atoms with Gasteiger partial charge in [-0.15, -0.1) is 0 Å². The molecule has 0 amide bonds. The quantitative estimate of drug-likeness (QED) is 0.783. The molecule has 4 heteroatoms. The van der Waals surface area contributed by atoms with Gasteiger partial charge in [0.05, 0.1) is 5.56 Å². The van der Waals surface area contributed by atoms with E-state index in [-0.39, 0.29) is 0 Å². The Hall–Kier alpha value is -1.16. The van der Waals surface area contributed by atoms with E-state index in [1.165, 1.54) is 0 Å². The smallest absolute Gasteiger partial charge is 0.259 e. The van der Waals surface area contributed by atoms with Gasteiger partial charge in [0.25, 0.3) is 5.89 Å². The molecule has 72 valence electrons. The van der Waals surface area contributed by atoms with Crippen molar-refractivity contribution in [1.29, 1.82) is 0 Å². The maximum absolute atomic E-state index is 5.10. The first-order chi connectivity index (χ1) is 6.68. The van der Waals surface area contributed by atoms with Crippen molar-refractivity contribution < 1.29 is 4.52 Å². The molecule has 2 aromatic rings. The fourth-order valence-corrected chi connectivity index (χ4v) is 1.65. The van der Waals surface area contributed by atoms with Crippen molar-refractivity contribution >= 4 is 15.9 Å². The maximum Gasteiger partial charge on any atom is 0.259 e. The van der Waals surface area contributed by atoms with Gasteiger partial charge in [-0.1, -0.05) is 17.3 Å². The van der Waals surface area contributed by atoms with Gasteiger partial charge in [0.15, 0.2) is 5.82 Å². The van der Waals surface area contributed by atoms with Crippen LogP contribution in [-0.2, 0) is 0 Å². The van der Waals surface area contributed by atoms with Gasteiger partial charge >= 0.3 is 0 Å². The maximum atomic E-state index is 5.10. The van der Waals surface area contributed by atoms with Crippen LogP contribution in [0.2, 0.25) is 0 Å². The van der Waals surface area contributed by atoms with Crippen molar-refractivity contribution in [3.05, 3.63) is 34.1 Å². The van der Waals surface area contributed by atoms with Crippen LogP contribution in [0.1, 0.15) is 11.4 Å². The molecule has 0 spiro atoms. The molecule has 0 bridgehead atoms. The van der Waals surface area contributed by atoms with Crippen LogP contribution in [0.5, 0.6) is 0 Å². The molecule has 2 rings (SSSR count). The molecule has 0 aliphatic carbocycles. The summed E-state index contributed by atoms with van der Waals surface area (Å²) in [5, 5.41) is 3.76. The lowest BCUT2D eigenvalue weighted by Gasteiger charge is -2.01. The van der Waals surface area contributed by atoms with E-state index in [1.807, 2.05) is 25.1 Å². The molecule has 14 heavy (non-hydrogen) atoms. The minimum absolute atomic E-state index is 0.554. The Morgan fingerprint density at radius 1 is 1.29 bits per heavy atom. The summed E-state index contributed by atoms with van der Waals surface area (Å²) in [5.41, 5.74) is 2.09. The number of aromatic nitrogens is 2. The average molecular weight is 253 g/mol. The Kier molecular flexibility index (Phi) is 2.37. The van der Waals surface area contributed by atoms with Gasteiger partial charge < -0.3 is 4.52 Å². The van der Waals surface area contributed by atoms with Gasteiger partial charge in [0.1, 0.15) is 0 Å². The number of nitrogens with zero attached hydrogens (tertiary/aromatic N) is 2. The summed E-state index contributed by atoms with van der Waals surface area (Å²) in [5.74, 6) is 1.20. The zero-order valence-electron chi connectivity index (χ0n) is 7.91. The first kappa shape index (κ1) is 9.40. The summed E-state index contributed by atoms with van der Waals surface area (Å²) in [6, 6.07) is 5.94. The normalized spacial score (nSPS) is 10.5. The molecule has 0 unspecified atom stereocenters. The van der Waals surface area contributed by atoms with E-state index in [2.05, 4.69) is 26.1 Å². The van der Waals surface area contributed by atoms with Crippen LogP contribution in [-0.4, -0.2) is 10.1 Å². The van der Waals surface area contributed by atoms with Crippen LogP contribution in [0.15, 0.2) is 27.2 Å². The van der Waals surface area contributed by atoms with Crippen LogP contribution in [0.4, 0.5) is 0 Å². The lowest BCUT2D eigenvalue weighted by molar-refractivity contribution is 0.425. The van der Waals surface area contributed by atoms with Crippen LogP contribution in [0, 0.1) is 13.8 Å². The molecule has 0 fully saturated rings. The number of halogens is 1. The Bertz CT molecular complexity index is 465. The molecule has 0 saturated heterocycles. The fourth-order valence-electron chi connectivity index (χ4n) is 1.22. The van der Waals surface area contributed by atoms with Gasteiger partial charge in [0.2, 0.25) is 0 Å². The molecule has 0 atom stereocenters. The minimum Gasteiger partial charge on any atom is -0.334 e. The van der Waals surface area contributed by atoms with Gasteiger partial charge in [-0.2, -0.15) is 4.98 Å². The van der Waals surface area contributed by atoms with Gasteiger partial charge in [0, 0.05) is 4.47 Å².